The summed E-state index contributed by atoms with van der Waals surface area (Å²) in [5.74, 6) is -3.81. The van der Waals surface area contributed by atoms with Crippen LogP contribution in [-0.2, 0) is 28.7 Å². The highest BCUT2D eigenvalue weighted by Crippen LogP contribution is 2.60. The second kappa shape index (κ2) is 13.5. The molecule has 0 aromatic heterocycles. The second-order valence-electron chi connectivity index (χ2n) is 14.3. The van der Waals surface area contributed by atoms with Crippen molar-refractivity contribution in [3.63, 3.8) is 0 Å². The van der Waals surface area contributed by atoms with Crippen LogP contribution in [0.3, 0.4) is 0 Å². The summed E-state index contributed by atoms with van der Waals surface area (Å²) in [4.78, 5) is 62.6. The molecule has 0 saturated carbocycles. The van der Waals surface area contributed by atoms with Gasteiger partial charge in [-0.2, -0.15) is 0 Å². The van der Waals surface area contributed by atoms with E-state index in [4.69, 9.17) is 9.47 Å². The van der Waals surface area contributed by atoms with E-state index in [2.05, 4.69) is 15.9 Å². The third kappa shape index (κ3) is 6.04. The summed E-state index contributed by atoms with van der Waals surface area (Å²) in [7, 11) is 1.70. The minimum atomic E-state index is -1.51. The predicted octanol–water partition coefficient (Wildman–Crippen LogP) is 4.70. The summed E-state index contributed by atoms with van der Waals surface area (Å²) in [5, 5.41) is 10.9. The van der Waals surface area contributed by atoms with Crippen LogP contribution in [0.25, 0.3) is 0 Å². The van der Waals surface area contributed by atoms with Crippen molar-refractivity contribution in [1.82, 2.24) is 14.7 Å². The number of amides is 3. The average Bonchev–Trinajstić information content (AvgIpc) is 3.67. The Morgan fingerprint density at radius 2 is 1.61 bits per heavy atom. The van der Waals surface area contributed by atoms with Crippen LogP contribution in [0.2, 0.25) is 0 Å². The van der Waals surface area contributed by atoms with Gasteiger partial charge in [-0.25, -0.2) is 0 Å². The Balaban J connectivity index is 1.52. The lowest BCUT2D eigenvalue weighted by atomic mass is 9.74. The molecule has 1 N–H and O–H groups in total. The van der Waals surface area contributed by atoms with E-state index in [9.17, 15) is 19.5 Å². The summed E-state index contributed by atoms with van der Waals surface area (Å²) in [6.07, 6.45) is 4.49. The molecule has 4 heterocycles. The molecule has 3 amide bonds. The van der Waals surface area contributed by atoms with Gasteiger partial charge >= 0.3 is 5.97 Å². The number of ether oxygens (including phenoxy) is 2. The van der Waals surface area contributed by atoms with Crippen LogP contribution in [0.5, 0.6) is 0 Å². The summed E-state index contributed by atoms with van der Waals surface area (Å²) in [6, 6.07) is 15.7. The molecule has 49 heavy (non-hydrogen) atoms. The van der Waals surface area contributed by atoms with Crippen molar-refractivity contribution in [2.75, 3.05) is 20.2 Å². The van der Waals surface area contributed by atoms with Gasteiger partial charge in [-0.1, -0.05) is 88.7 Å². The van der Waals surface area contributed by atoms with E-state index < -0.39 is 71.8 Å². The molecule has 0 radical (unpaired) electrons. The van der Waals surface area contributed by atoms with Gasteiger partial charge in [0.1, 0.15) is 29.8 Å². The average molecular weight is 735 g/mol. The number of carbonyl (C=O) groups is 4. The molecule has 8 atom stereocenters. The molecule has 10 nitrogen and oxygen atoms in total. The largest absolute Gasteiger partial charge is 0.455 e. The summed E-state index contributed by atoms with van der Waals surface area (Å²) >= 11 is 3.62. The lowest BCUT2D eigenvalue weighted by Gasteiger charge is -2.43. The lowest BCUT2D eigenvalue weighted by Crippen LogP contribution is -2.60. The van der Waals surface area contributed by atoms with Crippen molar-refractivity contribution in [3.05, 3.63) is 94.5 Å². The van der Waals surface area contributed by atoms with Crippen molar-refractivity contribution >= 4 is 39.6 Å². The number of benzene rings is 2. The Morgan fingerprint density at radius 3 is 2.24 bits per heavy atom. The number of aliphatic hydroxyl groups is 1. The van der Waals surface area contributed by atoms with Gasteiger partial charge < -0.3 is 29.3 Å². The fraction of sp³-hybridized carbons (Fsp3) is 0.474. The Hall–Kier alpha value is -3.80. The number of halogens is 1. The van der Waals surface area contributed by atoms with Crippen LogP contribution in [0.15, 0.2) is 83.4 Å². The molecular weight excluding hydrogens is 690 g/mol. The topological polar surface area (TPSA) is 117 Å². The van der Waals surface area contributed by atoms with E-state index in [-0.39, 0.29) is 24.8 Å². The third-order valence-electron chi connectivity index (χ3n) is 10.4. The Bertz CT molecular complexity index is 1660. The molecule has 5 bridgehead atoms. The van der Waals surface area contributed by atoms with E-state index in [1.807, 2.05) is 101 Å². The number of hydrogen-bond donors (Lipinski definition) is 1. The first-order valence-corrected chi connectivity index (χ1v) is 17.6. The Kier molecular flexibility index (Phi) is 9.65. The summed E-state index contributed by atoms with van der Waals surface area (Å²) < 4.78 is 13.6. The maximum Gasteiger partial charge on any atom is 0.313 e. The molecule has 1 spiro atoms. The number of cyclic esters (lactones) is 1. The predicted molar refractivity (Wildman–Crippen MR) is 186 cm³/mol. The van der Waals surface area contributed by atoms with Crippen LogP contribution in [0.4, 0.5) is 0 Å². The van der Waals surface area contributed by atoms with Crippen molar-refractivity contribution in [1.29, 1.82) is 0 Å². The quantitative estimate of drug-likeness (QED) is 0.358. The fourth-order valence-electron chi connectivity index (χ4n) is 7.82. The molecule has 4 aliphatic rings. The Labute approximate surface area is 295 Å². The molecule has 11 heteroatoms. The first-order chi connectivity index (χ1) is 23.3. The van der Waals surface area contributed by atoms with Crippen molar-refractivity contribution in [2.45, 2.75) is 82.0 Å². The van der Waals surface area contributed by atoms with E-state index in [0.29, 0.717) is 22.0 Å². The maximum absolute atomic E-state index is 15.1. The number of likely N-dealkylation sites (tertiary alicyclic amines) is 1. The maximum atomic E-state index is 15.1. The van der Waals surface area contributed by atoms with Crippen molar-refractivity contribution < 1.29 is 33.8 Å². The van der Waals surface area contributed by atoms with Gasteiger partial charge in [0.15, 0.2) is 0 Å². The summed E-state index contributed by atoms with van der Waals surface area (Å²) in [6.45, 7) is 7.36. The van der Waals surface area contributed by atoms with Gasteiger partial charge in [0.05, 0.1) is 24.6 Å². The van der Waals surface area contributed by atoms with Gasteiger partial charge in [-0.05, 0) is 51.3 Å². The van der Waals surface area contributed by atoms with Crippen LogP contribution in [0.1, 0.15) is 63.8 Å². The van der Waals surface area contributed by atoms with E-state index >= 15 is 4.79 Å². The number of likely N-dealkylation sites (N-methyl/N-ethyl adjacent to an activating group) is 1. The van der Waals surface area contributed by atoms with Gasteiger partial charge in [0.25, 0.3) is 0 Å². The zero-order valence-electron chi connectivity index (χ0n) is 28.5. The molecule has 260 valence electrons. The highest BCUT2D eigenvalue weighted by molar-refractivity contribution is 9.11. The first-order valence-electron chi connectivity index (χ1n) is 16.8. The number of hydrogen-bond acceptors (Lipinski definition) is 7. The number of esters is 1. The van der Waals surface area contributed by atoms with Crippen LogP contribution in [0, 0.1) is 11.8 Å². The van der Waals surface area contributed by atoms with Crippen LogP contribution in [-0.4, -0.2) is 93.0 Å². The van der Waals surface area contributed by atoms with E-state index in [1.165, 1.54) is 4.90 Å². The van der Waals surface area contributed by atoms with Gasteiger partial charge in [0, 0.05) is 30.0 Å². The smallest absolute Gasteiger partial charge is 0.313 e. The number of rotatable bonds is 4. The number of allylic oxidation sites excluding steroid dienone is 1. The monoisotopic (exact) mass is 733 g/mol. The molecule has 6 rings (SSSR count). The highest BCUT2D eigenvalue weighted by atomic mass is 79.9. The minimum absolute atomic E-state index is 0.115. The third-order valence-corrected chi connectivity index (χ3v) is 11.1. The summed E-state index contributed by atoms with van der Waals surface area (Å²) in [5.41, 5.74) is -0.837. The molecule has 2 fully saturated rings. The first kappa shape index (κ1) is 35.0. The van der Waals surface area contributed by atoms with Gasteiger partial charge in [-0.3, -0.25) is 19.2 Å². The van der Waals surface area contributed by atoms with Crippen LogP contribution < -0.4 is 0 Å². The number of carbonyl (C=O) groups excluding carboxylic acids is 4. The number of nitrogens with zero attached hydrogens (tertiary/aromatic N) is 3. The standard InChI is InChI=1S/C38H44BrN3O7/c1-23-31(25-17-11-7-12-18-25)48-36(47)29-30-34(45)42(27(22-43)24-15-9-6-10-16-24)33(38(30)21-26(39)32(29)49-38)35(46)41(37(2,3)4)20-14-8-13-19-28(44)40(23)5/h6-12,14-18,21,23,27,29-33,43H,13,19-20,22H2,1-5H3/b14-8-/t23-,27-,29+,30-,31+,32+,33+,38-/m1/s1. The van der Waals surface area contributed by atoms with Crippen molar-refractivity contribution in [2.24, 2.45) is 11.8 Å². The highest BCUT2D eigenvalue weighted by Gasteiger charge is 2.76. The number of aliphatic hydroxyl groups excluding tert-OH is 1. The van der Waals surface area contributed by atoms with Gasteiger partial charge in [-0.15, -0.1) is 0 Å². The molecular formula is C38H44BrN3O7. The molecule has 2 aromatic carbocycles. The molecule has 0 unspecified atom stereocenters. The van der Waals surface area contributed by atoms with E-state index in [1.54, 1.807) is 22.9 Å². The molecule has 2 saturated heterocycles. The Morgan fingerprint density at radius 1 is 0.959 bits per heavy atom. The second-order valence-corrected chi connectivity index (χ2v) is 15.2. The fourth-order valence-corrected chi connectivity index (χ4v) is 8.55. The zero-order chi connectivity index (χ0) is 35.2. The van der Waals surface area contributed by atoms with Gasteiger partial charge in [0.2, 0.25) is 17.7 Å². The van der Waals surface area contributed by atoms with E-state index in [0.717, 1.165) is 0 Å². The van der Waals surface area contributed by atoms with Crippen molar-refractivity contribution in [3.8, 4) is 0 Å². The lowest BCUT2D eigenvalue weighted by molar-refractivity contribution is -0.164. The SMILES string of the molecule is C[C@@H]1[C@@H](c2ccccc2)OC(=O)[C@@H]2[C@H]3O[C@@]4(C=C3Br)[C@H](C(=O)N(C(C)(C)C)C/C=C\CCC(=O)N1C)N([C@H](CO)c1ccccc1)C(=O)[C@@H]24. The molecule has 4 aliphatic heterocycles. The minimum Gasteiger partial charge on any atom is -0.455 e. The normalized spacial score (nSPS) is 32.2. The number of fused-ring (bicyclic) bond motifs is 2. The molecule has 0 aliphatic carbocycles. The zero-order valence-corrected chi connectivity index (χ0v) is 30.1. The van der Waals surface area contributed by atoms with Crippen LogP contribution >= 0.6 is 15.9 Å². The molecule has 2 aromatic rings.